The van der Waals surface area contributed by atoms with Crippen LogP contribution in [0.4, 0.5) is 0 Å². The molecule has 1 aromatic heterocycles. The van der Waals surface area contributed by atoms with E-state index < -0.39 is 29.7 Å². The number of pyridine rings is 1. The molecule has 1 aliphatic heterocycles. The van der Waals surface area contributed by atoms with Crippen molar-refractivity contribution in [1.29, 1.82) is 0 Å². The lowest BCUT2D eigenvalue weighted by Gasteiger charge is -2.23. The molecule has 3 rings (SSSR count). The second-order valence-corrected chi connectivity index (χ2v) is 8.67. The number of nitrogens with zero attached hydrogens (tertiary/aromatic N) is 1. The largest absolute Gasteiger partial charge is 0.381 e. The third-order valence-corrected chi connectivity index (χ3v) is 5.88. The molecule has 2 heterocycles. The van der Waals surface area contributed by atoms with Crippen molar-refractivity contribution in [2.75, 3.05) is 13.2 Å². The predicted octanol–water partition coefficient (Wildman–Crippen LogP) is 1.32. The molecule has 1 aromatic carbocycles. The molecule has 0 spiro atoms. The Morgan fingerprint density at radius 2 is 1.71 bits per heavy atom. The highest BCUT2D eigenvalue weighted by molar-refractivity contribution is 6.38. The van der Waals surface area contributed by atoms with Gasteiger partial charge in [-0.25, -0.2) is 0 Å². The summed E-state index contributed by atoms with van der Waals surface area (Å²) < 4.78 is 5.31. The lowest BCUT2D eigenvalue weighted by molar-refractivity contribution is -0.140. The van der Waals surface area contributed by atoms with Crippen LogP contribution in [0.25, 0.3) is 0 Å². The van der Waals surface area contributed by atoms with Gasteiger partial charge in [0.05, 0.1) is 12.2 Å². The van der Waals surface area contributed by atoms with Gasteiger partial charge in [-0.1, -0.05) is 36.4 Å². The first-order valence-corrected chi connectivity index (χ1v) is 11.9. The highest BCUT2D eigenvalue weighted by Gasteiger charge is 2.29. The Morgan fingerprint density at radius 1 is 1.00 bits per heavy atom. The van der Waals surface area contributed by atoms with Gasteiger partial charge in [0.1, 0.15) is 12.1 Å². The smallest absolute Gasteiger partial charge is 0.289 e. The first-order valence-electron chi connectivity index (χ1n) is 11.9. The van der Waals surface area contributed by atoms with Crippen molar-refractivity contribution in [2.45, 2.75) is 51.2 Å². The number of Topliss-reactive ketones (excluding diaryl/α,β-unsaturated/α-hetero) is 1. The van der Waals surface area contributed by atoms with Crippen LogP contribution >= 0.6 is 0 Å². The number of amides is 3. The van der Waals surface area contributed by atoms with E-state index in [1.807, 2.05) is 30.3 Å². The number of carbonyl (C=O) groups excluding carboxylic acids is 4. The summed E-state index contributed by atoms with van der Waals surface area (Å²) in [5, 5.41) is 7.92. The Bertz CT molecular complexity index is 993. The molecule has 186 valence electrons. The minimum atomic E-state index is -1.08. The molecule has 0 saturated carbocycles. The summed E-state index contributed by atoms with van der Waals surface area (Å²) in [6, 6.07) is 12.5. The Kier molecular flexibility index (Phi) is 9.92. The minimum absolute atomic E-state index is 0.0933. The standard InChI is InChI=1S/C26H32N4O5/c1-18(29-23(31)16-20-10-13-35-14-11-20)25(33)30-22(15-19-7-3-2-4-8-19)24(32)26(34)28-17-21-9-5-6-12-27-21/h2-9,12,18,20,22H,10-11,13-17H2,1H3,(H,28,34)(H,29,31)(H,30,33)/t18-,22-/m1/s1. The van der Waals surface area contributed by atoms with Crippen LogP contribution in [-0.4, -0.2) is 53.8 Å². The maximum absolute atomic E-state index is 13.0. The van der Waals surface area contributed by atoms with Crippen LogP contribution in [0.15, 0.2) is 54.7 Å². The maximum Gasteiger partial charge on any atom is 0.289 e. The summed E-state index contributed by atoms with van der Waals surface area (Å²) in [7, 11) is 0. The topological polar surface area (TPSA) is 126 Å². The van der Waals surface area contributed by atoms with Gasteiger partial charge >= 0.3 is 0 Å². The zero-order chi connectivity index (χ0) is 25.0. The van der Waals surface area contributed by atoms with E-state index in [-0.39, 0.29) is 24.8 Å². The molecule has 35 heavy (non-hydrogen) atoms. The Labute approximate surface area is 205 Å². The van der Waals surface area contributed by atoms with Crippen LogP contribution in [0.2, 0.25) is 0 Å². The van der Waals surface area contributed by atoms with Gasteiger partial charge < -0.3 is 20.7 Å². The fourth-order valence-electron chi connectivity index (χ4n) is 3.85. The average molecular weight is 481 g/mol. The lowest BCUT2D eigenvalue weighted by Crippen LogP contribution is -2.53. The van der Waals surface area contributed by atoms with Gasteiger partial charge in [-0.3, -0.25) is 24.2 Å². The van der Waals surface area contributed by atoms with E-state index in [1.54, 1.807) is 31.3 Å². The van der Waals surface area contributed by atoms with Gasteiger partial charge in [-0.2, -0.15) is 0 Å². The minimum Gasteiger partial charge on any atom is -0.381 e. The molecule has 0 bridgehead atoms. The first kappa shape index (κ1) is 26.0. The SMILES string of the molecule is C[C@@H](NC(=O)CC1CCOCC1)C(=O)N[C@H](Cc1ccccc1)C(=O)C(=O)NCc1ccccn1. The molecule has 0 unspecified atom stereocenters. The molecule has 3 amide bonds. The quantitative estimate of drug-likeness (QED) is 0.417. The predicted molar refractivity (Wildman–Crippen MR) is 129 cm³/mol. The van der Waals surface area contributed by atoms with Crippen LogP contribution in [-0.2, 0) is 36.9 Å². The zero-order valence-electron chi connectivity index (χ0n) is 19.9. The zero-order valence-corrected chi connectivity index (χ0v) is 19.9. The summed E-state index contributed by atoms with van der Waals surface area (Å²) in [6.07, 6.45) is 3.69. The van der Waals surface area contributed by atoms with E-state index >= 15 is 0 Å². The summed E-state index contributed by atoms with van der Waals surface area (Å²) in [5.41, 5.74) is 1.40. The van der Waals surface area contributed by atoms with Gasteiger partial charge in [-0.15, -0.1) is 0 Å². The second kappa shape index (κ2) is 13.3. The van der Waals surface area contributed by atoms with Crippen LogP contribution in [0, 0.1) is 5.92 Å². The van der Waals surface area contributed by atoms with E-state index in [0.717, 1.165) is 18.4 Å². The number of benzene rings is 1. The Balaban J connectivity index is 1.59. The van der Waals surface area contributed by atoms with Gasteiger partial charge in [0.2, 0.25) is 17.6 Å². The third-order valence-electron chi connectivity index (χ3n) is 5.88. The number of carbonyl (C=O) groups is 4. The molecule has 1 fully saturated rings. The fourth-order valence-corrected chi connectivity index (χ4v) is 3.85. The van der Waals surface area contributed by atoms with E-state index in [1.165, 1.54) is 0 Å². The molecular formula is C26H32N4O5. The summed E-state index contributed by atoms with van der Waals surface area (Å²) in [5.74, 6) is -2.10. The van der Waals surface area contributed by atoms with E-state index in [0.29, 0.717) is 25.3 Å². The molecule has 9 heteroatoms. The van der Waals surface area contributed by atoms with Crippen molar-refractivity contribution in [3.8, 4) is 0 Å². The first-order chi connectivity index (χ1) is 16.9. The van der Waals surface area contributed by atoms with Crippen LogP contribution in [0.1, 0.15) is 37.4 Å². The highest BCUT2D eigenvalue weighted by atomic mass is 16.5. The van der Waals surface area contributed by atoms with Crippen LogP contribution < -0.4 is 16.0 Å². The van der Waals surface area contributed by atoms with Crippen LogP contribution in [0.5, 0.6) is 0 Å². The number of ketones is 1. The van der Waals surface area contributed by atoms with Crippen LogP contribution in [0.3, 0.4) is 0 Å². The Hall–Kier alpha value is -3.59. The molecule has 0 aliphatic carbocycles. The molecule has 2 aromatic rings. The molecule has 9 nitrogen and oxygen atoms in total. The van der Waals surface area contributed by atoms with Crippen molar-refractivity contribution in [3.63, 3.8) is 0 Å². The molecular weight excluding hydrogens is 448 g/mol. The second-order valence-electron chi connectivity index (χ2n) is 8.67. The normalized spacial score (nSPS) is 15.5. The number of ether oxygens (including phenoxy) is 1. The van der Waals surface area contributed by atoms with Crippen molar-refractivity contribution >= 4 is 23.5 Å². The summed E-state index contributed by atoms with van der Waals surface area (Å²) in [6.45, 7) is 2.93. The fraction of sp³-hybridized carbons (Fsp3) is 0.423. The number of nitrogens with one attached hydrogen (secondary N) is 3. The van der Waals surface area contributed by atoms with E-state index in [4.69, 9.17) is 4.74 Å². The maximum atomic E-state index is 13.0. The van der Waals surface area contributed by atoms with Crippen molar-refractivity contribution in [1.82, 2.24) is 20.9 Å². The van der Waals surface area contributed by atoms with Gasteiger partial charge in [0.25, 0.3) is 5.91 Å². The number of hydrogen-bond acceptors (Lipinski definition) is 6. The lowest BCUT2D eigenvalue weighted by atomic mass is 9.96. The third kappa shape index (κ3) is 8.60. The number of rotatable bonds is 11. The van der Waals surface area contributed by atoms with E-state index in [9.17, 15) is 19.2 Å². The molecule has 1 aliphatic rings. The summed E-state index contributed by atoms with van der Waals surface area (Å²) >= 11 is 0. The molecule has 2 atom stereocenters. The number of hydrogen-bond donors (Lipinski definition) is 3. The van der Waals surface area contributed by atoms with Crippen molar-refractivity contribution in [3.05, 3.63) is 66.0 Å². The van der Waals surface area contributed by atoms with Gasteiger partial charge in [0.15, 0.2) is 0 Å². The number of aromatic nitrogens is 1. The molecule has 0 radical (unpaired) electrons. The molecule has 3 N–H and O–H groups in total. The van der Waals surface area contributed by atoms with Gasteiger partial charge in [0, 0.05) is 32.3 Å². The molecule has 1 saturated heterocycles. The Morgan fingerprint density at radius 3 is 2.40 bits per heavy atom. The van der Waals surface area contributed by atoms with Crippen molar-refractivity contribution in [2.24, 2.45) is 5.92 Å². The highest BCUT2D eigenvalue weighted by Crippen LogP contribution is 2.18. The summed E-state index contributed by atoms with van der Waals surface area (Å²) in [4.78, 5) is 54.9. The van der Waals surface area contributed by atoms with E-state index in [2.05, 4.69) is 20.9 Å². The van der Waals surface area contributed by atoms with Gasteiger partial charge in [-0.05, 0) is 43.4 Å². The average Bonchev–Trinajstić information content (AvgIpc) is 2.88. The van der Waals surface area contributed by atoms with Crippen molar-refractivity contribution < 1.29 is 23.9 Å². The monoisotopic (exact) mass is 480 g/mol.